The summed E-state index contributed by atoms with van der Waals surface area (Å²) in [5.74, 6) is 0.0460. The number of amides is 1. The largest absolute Gasteiger partial charge is 0.394 e. The van der Waals surface area contributed by atoms with Gasteiger partial charge in [0, 0.05) is 19.1 Å². The Balaban J connectivity index is 2.55. The van der Waals surface area contributed by atoms with E-state index in [0.717, 1.165) is 6.42 Å². The quantitative estimate of drug-likeness (QED) is 0.725. The molecule has 1 saturated heterocycles. The highest BCUT2D eigenvalue weighted by Gasteiger charge is 2.34. The molecule has 1 atom stereocenters. The molecule has 1 aliphatic heterocycles. The van der Waals surface area contributed by atoms with Crippen molar-refractivity contribution >= 4 is 5.91 Å². The third kappa shape index (κ3) is 3.18. The molecule has 0 aliphatic carbocycles. The number of hydrogen-bond donors (Lipinski definition) is 2. The number of hydrogen-bond acceptors (Lipinski definition) is 3. The Morgan fingerprint density at radius 2 is 2.13 bits per heavy atom. The molecule has 0 bridgehead atoms. The van der Waals surface area contributed by atoms with Crippen LogP contribution in [-0.4, -0.2) is 36.4 Å². The summed E-state index contributed by atoms with van der Waals surface area (Å²) in [4.78, 5) is 11.7. The Kier molecular flexibility index (Phi) is 4.54. The molecule has 1 fully saturated rings. The summed E-state index contributed by atoms with van der Waals surface area (Å²) in [7, 11) is 0. The number of carbonyl (C=O) groups is 1. The maximum absolute atomic E-state index is 11.7. The molecule has 0 aromatic heterocycles. The van der Waals surface area contributed by atoms with Gasteiger partial charge in [0.25, 0.3) is 0 Å². The molecule has 15 heavy (non-hydrogen) atoms. The fraction of sp³-hybridized carbons (Fsp3) is 0.909. The SMILES string of the molecule is CCC(C)C(=O)NC1(CO)CCOCC1. The van der Waals surface area contributed by atoms with E-state index in [1.54, 1.807) is 0 Å². The highest BCUT2D eigenvalue weighted by molar-refractivity contribution is 5.79. The van der Waals surface area contributed by atoms with E-state index in [1.165, 1.54) is 0 Å². The minimum absolute atomic E-state index is 0.00145. The van der Waals surface area contributed by atoms with E-state index in [0.29, 0.717) is 26.1 Å². The third-order valence-corrected chi connectivity index (χ3v) is 3.20. The summed E-state index contributed by atoms with van der Waals surface area (Å²) in [6.07, 6.45) is 2.22. The first kappa shape index (κ1) is 12.5. The molecule has 88 valence electrons. The standard InChI is InChI=1S/C11H21NO3/c1-3-9(2)10(14)12-11(8-13)4-6-15-7-5-11/h9,13H,3-8H2,1-2H3,(H,12,14). The first-order valence-corrected chi connectivity index (χ1v) is 5.64. The molecule has 1 aliphatic rings. The van der Waals surface area contributed by atoms with Gasteiger partial charge in [-0.15, -0.1) is 0 Å². The zero-order chi connectivity index (χ0) is 11.3. The second kappa shape index (κ2) is 5.47. The summed E-state index contributed by atoms with van der Waals surface area (Å²) in [6.45, 7) is 5.11. The van der Waals surface area contributed by atoms with Gasteiger partial charge in [0.15, 0.2) is 0 Å². The third-order valence-electron chi connectivity index (χ3n) is 3.20. The molecule has 0 radical (unpaired) electrons. The van der Waals surface area contributed by atoms with Gasteiger partial charge in [0.1, 0.15) is 0 Å². The highest BCUT2D eigenvalue weighted by atomic mass is 16.5. The van der Waals surface area contributed by atoms with Crippen LogP contribution < -0.4 is 5.32 Å². The lowest BCUT2D eigenvalue weighted by molar-refractivity contribution is -0.128. The van der Waals surface area contributed by atoms with Crippen molar-refractivity contribution in [2.24, 2.45) is 5.92 Å². The molecule has 4 heteroatoms. The van der Waals surface area contributed by atoms with Crippen LogP contribution in [0.15, 0.2) is 0 Å². The number of carbonyl (C=O) groups excluding carboxylic acids is 1. The Morgan fingerprint density at radius 3 is 2.60 bits per heavy atom. The fourth-order valence-electron chi connectivity index (χ4n) is 1.65. The van der Waals surface area contributed by atoms with E-state index in [-0.39, 0.29) is 18.4 Å². The molecule has 0 spiro atoms. The molecule has 0 aromatic carbocycles. The summed E-state index contributed by atoms with van der Waals surface area (Å²) in [5.41, 5.74) is -0.446. The molecule has 1 heterocycles. The van der Waals surface area contributed by atoms with Gasteiger partial charge in [-0.05, 0) is 19.3 Å². The van der Waals surface area contributed by atoms with Crippen LogP contribution in [0.2, 0.25) is 0 Å². The first-order chi connectivity index (χ1) is 7.13. The molecular formula is C11H21NO3. The van der Waals surface area contributed by atoms with Gasteiger partial charge in [0.05, 0.1) is 12.1 Å². The number of nitrogens with one attached hydrogen (secondary N) is 1. The lowest BCUT2D eigenvalue weighted by Crippen LogP contribution is -2.55. The number of aliphatic hydroxyl groups excluding tert-OH is 1. The van der Waals surface area contributed by atoms with Gasteiger partial charge < -0.3 is 15.2 Å². The lowest BCUT2D eigenvalue weighted by atomic mass is 9.90. The van der Waals surface area contributed by atoms with E-state index in [9.17, 15) is 9.90 Å². The van der Waals surface area contributed by atoms with Crippen molar-refractivity contribution in [1.82, 2.24) is 5.32 Å². The minimum atomic E-state index is -0.446. The highest BCUT2D eigenvalue weighted by Crippen LogP contribution is 2.20. The summed E-state index contributed by atoms with van der Waals surface area (Å²) >= 11 is 0. The molecule has 2 N–H and O–H groups in total. The zero-order valence-corrected chi connectivity index (χ0v) is 9.58. The van der Waals surface area contributed by atoms with Crippen LogP contribution in [0.4, 0.5) is 0 Å². The van der Waals surface area contributed by atoms with Crippen LogP contribution in [-0.2, 0) is 9.53 Å². The van der Waals surface area contributed by atoms with Crippen LogP contribution in [0.3, 0.4) is 0 Å². The maximum Gasteiger partial charge on any atom is 0.223 e. The van der Waals surface area contributed by atoms with Gasteiger partial charge in [-0.1, -0.05) is 13.8 Å². The second-order valence-electron chi connectivity index (χ2n) is 4.35. The Bertz CT molecular complexity index is 212. The van der Waals surface area contributed by atoms with Gasteiger partial charge in [-0.3, -0.25) is 4.79 Å². The Morgan fingerprint density at radius 1 is 1.53 bits per heavy atom. The topological polar surface area (TPSA) is 58.6 Å². The van der Waals surface area contributed by atoms with E-state index in [4.69, 9.17) is 4.74 Å². The predicted octanol–water partition coefficient (Wildman–Crippen LogP) is 0.690. The van der Waals surface area contributed by atoms with Crippen LogP contribution in [0, 0.1) is 5.92 Å². The van der Waals surface area contributed by atoms with Gasteiger partial charge >= 0.3 is 0 Å². The Labute approximate surface area is 91.0 Å². The van der Waals surface area contributed by atoms with Crippen molar-refractivity contribution in [3.8, 4) is 0 Å². The van der Waals surface area contributed by atoms with Crippen molar-refractivity contribution in [2.45, 2.75) is 38.6 Å². The van der Waals surface area contributed by atoms with Crippen molar-refractivity contribution in [3.05, 3.63) is 0 Å². The van der Waals surface area contributed by atoms with Crippen molar-refractivity contribution in [1.29, 1.82) is 0 Å². The van der Waals surface area contributed by atoms with Crippen molar-refractivity contribution in [3.63, 3.8) is 0 Å². The number of rotatable bonds is 4. The van der Waals surface area contributed by atoms with Crippen molar-refractivity contribution in [2.75, 3.05) is 19.8 Å². The zero-order valence-electron chi connectivity index (χ0n) is 9.58. The van der Waals surface area contributed by atoms with Gasteiger partial charge in [-0.2, -0.15) is 0 Å². The average molecular weight is 215 g/mol. The molecule has 4 nitrogen and oxygen atoms in total. The molecule has 0 saturated carbocycles. The van der Waals surface area contributed by atoms with E-state index < -0.39 is 5.54 Å². The monoisotopic (exact) mass is 215 g/mol. The lowest BCUT2D eigenvalue weighted by Gasteiger charge is -2.37. The Hall–Kier alpha value is -0.610. The van der Waals surface area contributed by atoms with E-state index in [2.05, 4.69) is 5.32 Å². The van der Waals surface area contributed by atoms with Crippen LogP contribution in [0.5, 0.6) is 0 Å². The van der Waals surface area contributed by atoms with Crippen molar-refractivity contribution < 1.29 is 14.6 Å². The fourth-order valence-corrected chi connectivity index (χ4v) is 1.65. The second-order valence-corrected chi connectivity index (χ2v) is 4.35. The summed E-state index contributed by atoms with van der Waals surface area (Å²) in [6, 6.07) is 0. The normalized spacial score (nSPS) is 22.1. The molecule has 1 amide bonds. The minimum Gasteiger partial charge on any atom is -0.394 e. The van der Waals surface area contributed by atoms with Crippen LogP contribution in [0.1, 0.15) is 33.1 Å². The molecular weight excluding hydrogens is 194 g/mol. The maximum atomic E-state index is 11.7. The smallest absolute Gasteiger partial charge is 0.223 e. The molecule has 0 aromatic rings. The van der Waals surface area contributed by atoms with Gasteiger partial charge in [0.2, 0.25) is 5.91 Å². The molecule has 1 unspecified atom stereocenters. The number of aliphatic hydroxyl groups is 1. The average Bonchev–Trinajstić information content (AvgIpc) is 2.29. The van der Waals surface area contributed by atoms with Gasteiger partial charge in [-0.25, -0.2) is 0 Å². The first-order valence-electron chi connectivity index (χ1n) is 5.64. The van der Waals surface area contributed by atoms with Crippen LogP contribution in [0.25, 0.3) is 0 Å². The molecule has 1 rings (SSSR count). The predicted molar refractivity (Wildman–Crippen MR) is 57.5 cm³/mol. The van der Waals surface area contributed by atoms with E-state index in [1.807, 2.05) is 13.8 Å². The van der Waals surface area contributed by atoms with E-state index >= 15 is 0 Å². The summed E-state index contributed by atoms with van der Waals surface area (Å²) in [5, 5.41) is 12.3. The van der Waals surface area contributed by atoms with Crippen LogP contribution >= 0.6 is 0 Å². The summed E-state index contributed by atoms with van der Waals surface area (Å²) < 4.78 is 5.23. The number of ether oxygens (including phenoxy) is 1.